The Labute approximate surface area is 141 Å². The lowest BCUT2D eigenvalue weighted by Crippen LogP contribution is -2.13. The standard InChI is InChI=1S/C17H25N3O2S/c1-4-7-13-15(17-19-8-11-23-17)14(16(18)21)12(3)20(13)9-6-10-22-5-2/h8,11H,4-7,9-10H2,1-3H3,(H2,18,21). The summed E-state index contributed by atoms with van der Waals surface area (Å²) < 4.78 is 7.66. The van der Waals surface area contributed by atoms with Gasteiger partial charge in [-0.2, -0.15) is 0 Å². The number of carbonyl (C=O) groups is 1. The Kier molecular flexibility index (Phi) is 6.36. The summed E-state index contributed by atoms with van der Waals surface area (Å²) in [7, 11) is 0. The van der Waals surface area contributed by atoms with Crippen molar-refractivity contribution in [2.75, 3.05) is 13.2 Å². The maximum absolute atomic E-state index is 12.0. The minimum Gasteiger partial charge on any atom is -0.382 e. The van der Waals surface area contributed by atoms with Gasteiger partial charge in [0.15, 0.2) is 0 Å². The zero-order valence-corrected chi connectivity index (χ0v) is 14.9. The van der Waals surface area contributed by atoms with Gasteiger partial charge in [0.1, 0.15) is 5.01 Å². The summed E-state index contributed by atoms with van der Waals surface area (Å²) in [5, 5.41) is 2.80. The molecule has 126 valence electrons. The molecule has 6 heteroatoms. The fourth-order valence-electron chi connectivity index (χ4n) is 2.94. The third-order valence-corrected chi connectivity index (χ3v) is 4.68. The van der Waals surface area contributed by atoms with Crippen LogP contribution in [0, 0.1) is 6.92 Å². The largest absolute Gasteiger partial charge is 0.382 e. The zero-order chi connectivity index (χ0) is 16.8. The predicted octanol–water partition coefficient (Wildman–Crippen LogP) is 3.40. The highest BCUT2D eigenvalue weighted by molar-refractivity contribution is 7.13. The number of rotatable bonds is 9. The number of hydrogen-bond donors (Lipinski definition) is 1. The fraction of sp³-hybridized carbons (Fsp3) is 0.529. The first kappa shape index (κ1) is 17.7. The maximum atomic E-state index is 12.0. The molecule has 5 nitrogen and oxygen atoms in total. The molecule has 0 saturated heterocycles. The summed E-state index contributed by atoms with van der Waals surface area (Å²) in [4.78, 5) is 16.5. The Morgan fingerprint density at radius 3 is 2.78 bits per heavy atom. The minimum absolute atomic E-state index is 0.381. The molecule has 0 spiro atoms. The van der Waals surface area contributed by atoms with E-state index in [1.54, 1.807) is 17.5 Å². The van der Waals surface area contributed by atoms with Gasteiger partial charge >= 0.3 is 0 Å². The lowest BCUT2D eigenvalue weighted by Gasteiger charge is -2.12. The van der Waals surface area contributed by atoms with Gasteiger partial charge in [-0.25, -0.2) is 4.98 Å². The summed E-state index contributed by atoms with van der Waals surface area (Å²) >= 11 is 1.54. The second kappa shape index (κ2) is 8.26. The van der Waals surface area contributed by atoms with Crippen molar-refractivity contribution in [2.24, 2.45) is 5.73 Å². The summed E-state index contributed by atoms with van der Waals surface area (Å²) in [6.07, 6.45) is 4.58. The molecule has 0 saturated carbocycles. The van der Waals surface area contributed by atoms with Crippen molar-refractivity contribution in [3.05, 3.63) is 28.5 Å². The van der Waals surface area contributed by atoms with Crippen molar-refractivity contribution in [3.63, 3.8) is 0 Å². The third-order valence-electron chi connectivity index (χ3n) is 3.88. The molecule has 1 amide bonds. The second-order valence-electron chi connectivity index (χ2n) is 5.44. The maximum Gasteiger partial charge on any atom is 0.251 e. The van der Waals surface area contributed by atoms with Gasteiger partial charge in [0.25, 0.3) is 5.91 Å². The molecule has 2 heterocycles. The second-order valence-corrected chi connectivity index (χ2v) is 6.33. The monoisotopic (exact) mass is 335 g/mol. The van der Waals surface area contributed by atoms with Crippen LogP contribution in [0.15, 0.2) is 11.6 Å². The normalized spacial score (nSPS) is 11.1. The van der Waals surface area contributed by atoms with Crippen LogP contribution >= 0.6 is 11.3 Å². The number of primary amides is 1. The highest BCUT2D eigenvalue weighted by atomic mass is 32.1. The molecule has 0 aliphatic heterocycles. The Morgan fingerprint density at radius 1 is 1.43 bits per heavy atom. The number of amides is 1. The number of nitrogens with zero attached hydrogens (tertiary/aromatic N) is 2. The van der Waals surface area contributed by atoms with Crippen LogP contribution in [0.5, 0.6) is 0 Å². The summed E-state index contributed by atoms with van der Waals surface area (Å²) in [6, 6.07) is 0. The molecule has 2 rings (SSSR count). The average Bonchev–Trinajstić information content (AvgIpc) is 3.12. The molecule has 0 radical (unpaired) electrons. The van der Waals surface area contributed by atoms with Crippen molar-refractivity contribution < 1.29 is 9.53 Å². The van der Waals surface area contributed by atoms with Gasteiger partial charge in [0, 0.05) is 48.3 Å². The van der Waals surface area contributed by atoms with E-state index in [1.165, 1.54) is 0 Å². The van der Waals surface area contributed by atoms with Gasteiger partial charge < -0.3 is 15.0 Å². The van der Waals surface area contributed by atoms with E-state index >= 15 is 0 Å². The van der Waals surface area contributed by atoms with E-state index in [0.717, 1.165) is 61.0 Å². The van der Waals surface area contributed by atoms with Gasteiger partial charge in [0.2, 0.25) is 0 Å². The van der Waals surface area contributed by atoms with E-state index in [4.69, 9.17) is 10.5 Å². The SMILES string of the molecule is CCCc1c(-c2nccs2)c(C(N)=O)c(C)n1CCCOCC. The fourth-order valence-corrected chi connectivity index (χ4v) is 3.65. The van der Waals surface area contributed by atoms with Crippen molar-refractivity contribution in [3.8, 4) is 10.6 Å². The highest BCUT2D eigenvalue weighted by Gasteiger charge is 2.25. The first-order valence-electron chi connectivity index (χ1n) is 8.11. The first-order chi connectivity index (χ1) is 11.1. The molecular weight excluding hydrogens is 310 g/mol. The van der Waals surface area contributed by atoms with Crippen LogP contribution in [-0.2, 0) is 17.7 Å². The molecule has 2 aromatic rings. The molecule has 0 atom stereocenters. The molecule has 0 fully saturated rings. The summed E-state index contributed by atoms with van der Waals surface area (Å²) in [5.74, 6) is -0.381. The molecule has 0 aliphatic carbocycles. The summed E-state index contributed by atoms with van der Waals surface area (Å²) in [5.41, 5.74) is 9.30. The predicted molar refractivity (Wildman–Crippen MR) is 93.9 cm³/mol. The number of hydrogen-bond acceptors (Lipinski definition) is 4. The average molecular weight is 335 g/mol. The van der Waals surface area contributed by atoms with Crippen LogP contribution in [0.25, 0.3) is 10.6 Å². The molecular formula is C17H25N3O2S. The van der Waals surface area contributed by atoms with E-state index < -0.39 is 0 Å². The lowest BCUT2D eigenvalue weighted by molar-refractivity contribution is 0.1000. The summed E-state index contributed by atoms with van der Waals surface area (Å²) in [6.45, 7) is 8.38. The zero-order valence-electron chi connectivity index (χ0n) is 14.1. The van der Waals surface area contributed by atoms with Crippen LogP contribution in [0.2, 0.25) is 0 Å². The van der Waals surface area contributed by atoms with Crippen molar-refractivity contribution in [1.82, 2.24) is 9.55 Å². The van der Waals surface area contributed by atoms with E-state index in [-0.39, 0.29) is 5.91 Å². The molecule has 2 N–H and O–H groups in total. The van der Waals surface area contributed by atoms with E-state index in [2.05, 4.69) is 16.5 Å². The Bertz CT molecular complexity index is 647. The van der Waals surface area contributed by atoms with Gasteiger partial charge in [-0.15, -0.1) is 11.3 Å². The smallest absolute Gasteiger partial charge is 0.251 e. The van der Waals surface area contributed by atoms with E-state index in [9.17, 15) is 4.79 Å². The lowest BCUT2D eigenvalue weighted by atomic mass is 10.1. The number of thiazole rings is 1. The van der Waals surface area contributed by atoms with Crippen LogP contribution in [-0.4, -0.2) is 28.7 Å². The Hall–Kier alpha value is -1.66. The van der Waals surface area contributed by atoms with Gasteiger partial charge in [-0.1, -0.05) is 13.3 Å². The van der Waals surface area contributed by atoms with Crippen LogP contribution in [0.4, 0.5) is 0 Å². The molecule has 23 heavy (non-hydrogen) atoms. The quantitative estimate of drug-likeness (QED) is 0.714. The molecule has 0 bridgehead atoms. The van der Waals surface area contributed by atoms with Crippen LogP contribution < -0.4 is 5.73 Å². The Morgan fingerprint density at radius 2 is 2.22 bits per heavy atom. The van der Waals surface area contributed by atoms with Crippen molar-refractivity contribution in [1.29, 1.82) is 0 Å². The van der Waals surface area contributed by atoms with Gasteiger partial charge in [0.05, 0.1) is 5.56 Å². The minimum atomic E-state index is -0.381. The molecule has 2 aromatic heterocycles. The Balaban J connectivity index is 2.48. The van der Waals surface area contributed by atoms with E-state index in [1.807, 2.05) is 19.2 Å². The van der Waals surface area contributed by atoms with Crippen LogP contribution in [0.1, 0.15) is 48.4 Å². The topological polar surface area (TPSA) is 70.1 Å². The van der Waals surface area contributed by atoms with Crippen molar-refractivity contribution >= 4 is 17.2 Å². The first-order valence-corrected chi connectivity index (χ1v) is 8.99. The number of aromatic nitrogens is 2. The van der Waals surface area contributed by atoms with Crippen LogP contribution in [0.3, 0.4) is 0 Å². The number of nitrogens with two attached hydrogens (primary N) is 1. The molecule has 0 aromatic carbocycles. The van der Waals surface area contributed by atoms with Crippen molar-refractivity contribution in [2.45, 2.75) is 46.6 Å². The number of ether oxygens (including phenoxy) is 1. The number of carbonyl (C=O) groups excluding carboxylic acids is 1. The van der Waals surface area contributed by atoms with E-state index in [0.29, 0.717) is 5.56 Å². The van der Waals surface area contributed by atoms with Gasteiger partial charge in [-0.3, -0.25) is 4.79 Å². The van der Waals surface area contributed by atoms with Gasteiger partial charge in [-0.05, 0) is 26.7 Å². The molecule has 0 unspecified atom stereocenters. The third kappa shape index (κ3) is 3.82. The highest BCUT2D eigenvalue weighted by Crippen LogP contribution is 2.34. The molecule has 0 aliphatic rings.